The molecule has 0 saturated heterocycles. The highest BCUT2D eigenvalue weighted by Gasteiger charge is 2.18. The number of fused-ring (bicyclic) bond motifs is 2. The molecule has 2 N–H and O–H groups in total. The molecule has 136 valence electrons. The van der Waals surface area contributed by atoms with Gasteiger partial charge in [-0.25, -0.2) is 4.98 Å². The van der Waals surface area contributed by atoms with Gasteiger partial charge in [0, 0.05) is 25.1 Å². The largest absolute Gasteiger partial charge is 0.486 e. The molecule has 3 aromatic rings. The summed E-state index contributed by atoms with van der Waals surface area (Å²) in [5.41, 5.74) is 10.4. The minimum Gasteiger partial charge on any atom is -0.486 e. The van der Waals surface area contributed by atoms with Crippen LogP contribution in [-0.2, 0) is 13.0 Å². The first-order valence-corrected chi connectivity index (χ1v) is 9.23. The predicted octanol–water partition coefficient (Wildman–Crippen LogP) is 3.48. The minimum atomic E-state index is 0.537. The number of hydrogen-bond acceptors (Lipinski definition) is 4. The maximum Gasteiger partial charge on any atom is 0.163 e. The molecule has 2 heterocycles. The highest BCUT2D eigenvalue weighted by Crippen LogP contribution is 2.35. The van der Waals surface area contributed by atoms with Gasteiger partial charge in [-0.3, -0.25) is 0 Å². The van der Waals surface area contributed by atoms with Crippen molar-refractivity contribution in [1.29, 1.82) is 0 Å². The Morgan fingerprint density at radius 3 is 2.42 bits per heavy atom. The molecule has 0 spiro atoms. The van der Waals surface area contributed by atoms with Gasteiger partial charge in [-0.2, -0.15) is 0 Å². The van der Waals surface area contributed by atoms with Crippen LogP contribution in [0.25, 0.3) is 11.0 Å². The number of nitrogens with zero attached hydrogens (tertiary/aromatic N) is 2. The summed E-state index contributed by atoms with van der Waals surface area (Å²) in [4.78, 5) is 4.80. The molecule has 0 amide bonds. The van der Waals surface area contributed by atoms with E-state index in [4.69, 9.17) is 20.2 Å². The Morgan fingerprint density at radius 1 is 1.08 bits per heavy atom. The number of aromatic nitrogens is 2. The van der Waals surface area contributed by atoms with Crippen molar-refractivity contribution < 1.29 is 9.47 Å². The van der Waals surface area contributed by atoms with E-state index in [0.29, 0.717) is 25.7 Å². The lowest BCUT2D eigenvalue weighted by Gasteiger charge is -2.18. The van der Waals surface area contributed by atoms with E-state index in [0.717, 1.165) is 41.3 Å². The highest BCUT2D eigenvalue weighted by atomic mass is 16.6. The van der Waals surface area contributed by atoms with Crippen molar-refractivity contribution in [3.8, 4) is 11.5 Å². The lowest BCUT2D eigenvalue weighted by atomic mass is 10.0. The first-order chi connectivity index (χ1) is 12.7. The summed E-state index contributed by atoms with van der Waals surface area (Å²) in [6.07, 6.45) is 0.741. The summed E-state index contributed by atoms with van der Waals surface area (Å²) in [5, 5.41) is 0. The summed E-state index contributed by atoms with van der Waals surface area (Å²) in [6.45, 7) is 6.92. The molecule has 4 rings (SSSR count). The molecular weight excluding hydrogens is 326 g/mol. The van der Waals surface area contributed by atoms with Crippen molar-refractivity contribution >= 4 is 11.0 Å². The second-order valence-corrected chi connectivity index (χ2v) is 7.03. The molecule has 0 fully saturated rings. The van der Waals surface area contributed by atoms with Gasteiger partial charge in [-0.15, -0.1) is 0 Å². The molecule has 0 radical (unpaired) electrons. The minimum absolute atomic E-state index is 0.537. The second-order valence-electron chi connectivity index (χ2n) is 7.03. The Bertz CT molecular complexity index is 913. The van der Waals surface area contributed by atoms with Crippen LogP contribution >= 0.6 is 0 Å². The lowest BCUT2D eigenvalue weighted by molar-refractivity contribution is 0.172. The number of hydrogen-bond donors (Lipinski definition) is 1. The Morgan fingerprint density at radius 2 is 1.77 bits per heavy atom. The molecular formula is C21H25N3O2. The van der Waals surface area contributed by atoms with Gasteiger partial charge in [-0.1, -0.05) is 38.1 Å². The average Bonchev–Trinajstić information content (AvgIpc) is 2.97. The molecule has 1 aliphatic rings. The van der Waals surface area contributed by atoms with E-state index in [9.17, 15) is 0 Å². The molecule has 0 unspecified atom stereocenters. The summed E-state index contributed by atoms with van der Waals surface area (Å²) < 4.78 is 13.7. The Labute approximate surface area is 153 Å². The number of imidazole rings is 1. The predicted molar refractivity (Wildman–Crippen MR) is 103 cm³/mol. The van der Waals surface area contributed by atoms with Crippen molar-refractivity contribution in [1.82, 2.24) is 9.55 Å². The fraction of sp³-hybridized carbons (Fsp3) is 0.381. The van der Waals surface area contributed by atoms with Crippen LogP contribution in [0.3, 0.4) is 0 Å². The Hall–Kier alpha value is -2.53. The van der Waals surface area contributed by atoms with E-state index in [-0.39, 0.29) is 0 Å². The number of rotatable bonds is 5. The van der Waals surface area contributed by atoms with E-state index in [2.05, 4.69) is 42.7 Å². The Kier molecular flexibility index (Phi) is 4.55. The highest BCUT2D eigenvalue weighted by molar-refractivity contribution is 5.81. The number of nitrogens with two attached hydrogens (primary N) is 1. The molecule has 2 aromatic carbocycles. The summed E-state index contributed by atoms with van der Waals surface area (Å²) in [6, 6.07) is 12.8. The molecule has 1 aromatic heterocycles. The zero-order chi connectivity index (χ0) is 18.1. The van der Waals surface area contributed by atoms with Crippen LogP contribution in [-0.4, -0.2) is 29.3 Å². The van der Waals surface area contributed by atoms with Crippen LogP contribution in [0.2, 0.25) is 0 Å². The molecule has 26 heavy (non-hydrogen) atoms. The van der Waals surface area contributed by atoms with Crippen LogP contribution in [0.1, 0.15) is 36.7 Å². The van der Waals surface area contributed by atoms with E-state index in [1.54, 1.807) is 0 Å². The average molecular weight is 351 g/mol. The Balaban J connectivity index is 1.75. The van der Waals surface area contributed by atoms with Gasteiger partial charge in [0.15, 0.2) is 11.5 Å². The van der Waals surface area contributed by atoms with Gasteiger partial charge in [0.25, 0.3) is 0 Å². The van der Waals surface area contributed by atoms with Crippen LogP contribution in [0, 0.1) is 0 Å². The summed E-state index contributed by atoms with van der Waals surface area (Å²) in [5.74, 6) is 3.10. The van der Waals surface area contributed by atoms with Gasteiger partial charge in [-0.05, 0) is 23.6 Å². The fourth-order valence-electron chi connectivity index (χ4n) is 3.40. The first-order valence-electron chi connectivity index (χ1n) is 9.23. The van der Waals surface area contributed by atoms with E-state index in [1.165, 1.54) is 11.1 Å². The van der Waals surface area contributed by atoms with Crippen LogP contribution in [0.5, 0.6) is 11.5 Å². The molecule has 0 saturated carbocycles. The monoisotopic (exact) mass is 351 g/mol. The summed E-state index contributed by atoms with van der Waals surface area (Å²) >= 11 is 0. The number of benzene rings is 2. The van der Waals surface area contributed by atoms with Gasteiger partial charge >= 0.3 is 0 Å². The normalized spacial score (nSPS) is 13.5. The summed E-state index contributed by atoms with van der Waals surface area (Å²) in [7, 11) is 0. The third-order valence-electron chi connectivity index (χ3n) is 4.85. The van der Waals surface area contributed by atoms with Crippen molar-refractivity contribution in [2.45, 2.75) is 32.7 Å². The zero-order valence-corrected chi connectivity index (χ0v) is 15.4. The SMILES string of the molecule is CC(C)c1ccc(Cn2c(CCN)nc3cc4c(cc32)OCCO4)cc1. The third kappa shape index (κ3) is 3.15. The van der Waals surface area contributed by atoms with Gasteiger partial charge in [0.2, 0.25) is 0 Å². The van der Waals surface area contributed by atoms with E-state index in [1.807, 2.05) is 12.1 Å². The standard InChI is InChI=1S/C21H25N3O2/c1-14(2)16-5-3-15(4-6-16)13-24-18-12-20-19(25-9-10-26-20)11-17(18)23-21(24)7-8-22/h3-6,11-12,14H,7-10,13,22H2,1-2H3. The molecule has 5 nitrogen and oxygen atoms in total. The van der Waals surface area contributed by atoms with Crippen molar-refractivity contribution in [3.63, 3.8) is 0 Å². The maximum atomic E-state index is 5.82. The molecule has 1 aliphatic heterocycles. The first kappa shape index (κ1) is 16.9. The van der Waals surface area contributed by atoms with Gasteiger partial charge in [0.1, 0.15) is 19.0 Å². The molecule has 0 bridgehead atoms. The van der Waals surface area contributed by atoms with Crippen LogP contribution < -0.4 is 15.2 Å². The molecule has 0 aliphatic carbocycles. The van der Waals surface area contributed by atoms with Crippen molar-refractivity contribution in [3.05, 3.63) is 53.3 Å². The topological polar surface area (TPSA) is 62.3 Å². The van der Waals surface area contributed by atoms with E-state index >= 15 is 0 Å². The zero-order valence-electron chi connectivity index (χ0n) is 15.4. The van der Waals surface area contributed by atoms with Gasteiger partial charge in [0.05, 0.1) is 11.0 Å². The van der Waals surface area contributed by atoms with Gasteiger partial charge < -0.3 is 19.8 Å². The quantitative estimate of drug-likeness (QED) is 0.764. The second kappa shape index (κ2) is 7.00. The molecule has 0 atom stereocenters. The number of ether oxygens (including phenoxy) is 2. The fourth-order valence-corrected chi connectivity index (χ4v) is 3.40. The van der Waals surface area contributed by atoms with Crippen molar-refractivity contribution in [2.24, 2.45) is 5.73 Å². The van der Waals surface area contributed by atoms with Crippen molar-refractivity contribution in [2.75, 3.05) is 19.8 Å². The molecule has 5 heteroatoms. The maximum absolute atomic E-state index is 5.82. The van der Waals surface area contributed by atoms with Crippen LogP contribution in [0.15, 0.2) is 36.4 Å². The third-order valence-corrected chi connectivity index (χ3v) is 4.85. The van der Waals surface area contributed by atoms with E-state index < -0.39 is 0 Å². The smallest absolute Gasteiger partial charge is 0.163 e. The lowest BCUT2D eigenvalue weighted by Crippen LogP contribution is -2.15. The van der Waals surface area contributed by atoms with Crippen LogP contribution in [0.4, 0.5) is 0 Å².